The third-order valence-electron chi connectivity index (χ3n) is 3.61. The number of carbonyl (C=O) groups excluding carboxylic acids is 1. The zero-order valence-corrected chi connectivity index (χ0v) is 13.6. The molecule has 0 unspecified atom stereocenters. The van der Waals surface area contributed by atoms with Gasteiger partial charge < -0.3 is 15.8 Å². The molecule has 21 heavy (non-hydrogen) atoms. The van der Waals surface area contributed by atoms with E-state index < -0.39 is 0 Å². The zero-order valence-electron chi connectivity index (χ0n) is 13.6. The second-order valence-electron chi connectivity index (χ2n) is 6.00. The van der Waals surface area contributed by atoms with Crippen molar-refractivity contribution in [1.82, 2.24) is 5.32 Å². The van der Waals surface area contributed by atoms with Gasteiger partial charge in [0, 0.05) is 6.42 Å². The van der Waals surface area contributed by atoms with Gasteiger partial charge in [-0.2, -0.15) is 0 Å². The van der Waals surface area contributed by atoms with Crippen LogP contribution in [0.15, 0.2) is 24.3 Å². The number of carbonyl (C=O) groups is 1. The molecular weight excluding hydrogens is 264 g/mol. The van der Waals surface area contributed by atoms with Gasteiger partial charge in [0.2, 0.25) is 5.91 Å². The lowest BCUT2D eigenvalue weighted by molar-refractivity contribution is -0.122. The summed E-state index contributed by atoms with van der Waals surface area (Å²) in [5.41, 5.74) is 6.82. The Labute approximate surface area is 128 Å². The molecule has 4 nitrogen and oxygen atoms in total. The van der Waals surface area contributed by atoms with Crippen LogP contribution >= 0.6 is 0 Å². The number of benzene rings is 1. The van der Waals surface area contributed by atoms with Crippen molar-refractivity contribution in [2.24, 2.45) is 17.6 Å². The van der Waals surface area contributed by atoms with E-state index >= 15 is 0 Å². The fraction of sp³-hybridized carbons (Fsp3) is 0.588. The summed E-state index contributed by atoms with van der Waals surface area (Å²) in [5.74, 6) is 1.70. The Morgan fingerprint density at radius 2 is 1.86 bits per heavy atom. The maximum Gasteiger partial charge on any atom is 0.220 e. The molecule has 0 saturated heterocycles. The van der Waals surface area contributed by atoms with Gasteiger partial charge in [0.1, 0.15) is 5.75 Å². The smallest absolute Gasteiger partial charge is 0.220 e. The normalized spacial score (nSPS) is 13.8. The number of nitrogens with one attached hydrogen (secondary N) is 1. The van der Waals surface area contributed by atoms with E-state index in [1.165, 1.54) is 0 Å². The summed E-state index contributed by atoms with van der Waals surface area (Å²) in [4.78, 5) is 12.1. The molecule has 0 aliphatic carbocycles. The SMILES string of the molecule is COc1ccc([C@@H](C)NC(=O)C[C@@H](CN)CC(C)C)cc1. The maximum atomic E-state index is 12.1. The lowest BCUT2D eigenvalue weighted by Gasteiger charge is -2.19. The Morgan fingerprint density at radius 1 is 1.24 bits per heavy atom. The first-order valence-corrected chi connectivity index (χ1v) is 7.59. The highest BCUT2D eigenvalue weighted by molar-refractivity contribution is 5.76. The van der Waals surface area contributed by atoms with Gasteiger partial charge >= 0.3 is 0 Å². The summed E-state index contributed by atoms with van der Waals surface area (Å²) in [6, 6.07) is 7.73. The molecule has 0 bridgehead atoms. The first kappa shape index (κ1) is 17.5. The van der Waals surface area contributed by atoms with Gasteiger partial charge in [-0.3, -0.25) is 4.79 Å². The van der Waals surface area contributed by atoms with Crippen molar-refractivity contribution in [2.45, 2.75) is 39.7 Å². The van der Waals surface area contributed by atoms with Crippen molar-refractivity contribution in [2.75, 3.05) is 13.7 Å². The van der Waals surface area contributed by atoms with E-state index in [-0.39, 0.29) is 17.9 Å². The van der Waals surface area contributed by atoms with E-state index in [0.29, 0.717) is 18.9 Å². The van der Waals surface area contributed by atoms with E-state index in [9.17, 15) is 4.79 Å². The summed E-state index contributed by atoms with van der Waals surface area (Å²) in [6.45, 7) is 6.85. The monoisotopic (exact) mass is 292 g/mol. The van der Waals surface area contributed by atoms with E-state index in [4.69, 9.17) is 10.5 Å². The van der Waals surface area contributed by atoms with Crippen LogP contribution in [-0.4, -0.2) is 19.6 Å². The Hall–Kier alpha value is -1.55. The molecule has 0 saturated carbocycles. The number of methoxy groups -OCH3 is 1. The van der Waals surface area contributed by atoms with Crippen LogP contribution < -0.4 is 15.8 Å². The first-order chi connectivity index (χ1) is 9.96. The average Bonchev–Trinajstić information content (AvgIpc) is 2.45. The molecule has 0 fully saturated rings. The molecule has 1 amide bonds. The fourth-order valence-corrected chi connectivity index (χ4v) is 2.47. The highest BCUT2D eigenvalue weighted by atomic mass is 16.5. The summed E-state index contributed by atoms with van der Waals surface area (Å²) < 4.78 is 5.13. The van der Waals surface area contributed by atoms with Gasteiger partial charge in [0.05, 0.1) is 13.2 Å². The molecule has 2 atom stereocenters. The Balaban J connectivity index is 2.52. The minimum Gasteiger partial charge on any atom is -0.497 e. The molecule has 118 valence electrons. The molecule has 0 heterocycles. The average molecular weight is 292 g/mol. The van der Waals surface area contributed by atoms with Crippen molar-refractivity contribution in [1.29, 1.82) is 0 Å². The molecule has 3 N–H and O–H groups in total. The minimum absolute atomic E-state index is 0.0131. The maximum absolute atomic E-state index is 12.1. The van der Waals surface area contributed by atoms with Gasteiger partial charge in [-0.15, -0.1) is 0 Å². The van der Waals surface area contributed by atoms with Gasteiger partial charge in [0.15, 0.2) is 0 Å². The van der Waals surface area contributed by atoms with E-state index in [2.05, 4.69) is 19.2 Å². The van der Waals surface area contributed by atoms with Crippen LogP contribution in [0.5, 0.6) is 5.75 Å². The van der Waals surface area contributed by atoms with E-state index in [1.54, 1.807) is 7.11 Å². The quantitative estimate of drug-likeness (QED) is 0.774. The van der Waals surface area contributed by atoms with Crippen molar-refractivity contribution in [3.05, 3.63) is 29.8 Å². The van der Waals surface area contributed by atoms with Crippen LogP contribution in [0.2, 0.25) is 0 Å². The van der Waals surface area contributed by atoms with E-state index in [1.807, 2.05) is 31.2 Å². The molecule has 4 heteroatoms. The zero-order chi connectivity index (χ0) is 15.8. The second-order valence-corrected chi connectivity index (χ2v) is 6.00. The molecule has 1 aromatic rings. The van der Waals surface area contributed by atoms with Crippen LogP contribution in [0.25, 0.3) is 0 Å². The van der Waals surface area contributed by atoms with Gasteiger partial charge in [0.25, 0.3) is 0 Å². The lowest BCUT2D eigenvalue weighted by atomic mass is 9.94. The Bertz CT molecular complexity index is 429. The summed E-state index contributed by atoms with van der Waals surface area (Å²) in [7, 11) is 1.64. The van der Waals surface area contributed by atoms with Crippen LogP contribution in [0, 0.1) is 11.8 Å². The van der Waals surface area contributed by atoms with Gasteiger partial charge in [-0.05, 0) is 49.4 Å². The fourth-order valence-electron chi connectivity index (χ4n) is 2.47. The Kier molecular flexibility index (Phi) is 7.23. The molecule has 1 aromatic carbocycles. The molecule has 1 rings (SSSR count). The van der Waals surface area contributed by atoms with Crippen LogP contribution in [0.1, 0.15) is 45.2 Å². The number of hydrogen-bond donors (Lipinski definition) is 2. The van der Waals surface area contributed by atoms with Crippen LogP contribution in [0.4, 0.5) is 0 Å². The molecule has 0 radical (unpaired) electrons. The molecule has 0 aliphatic rings. The standard InChI is InChI=1S/C17H28N2O2/c1-12(2)9-14(11-18)10-17(20)19-13(3)15-5-7-16(21-4)8-6-15/h5-8,12-14H,9-11,18H2,1-4H3,(H,19,20)/t13-,14+/m1/s1. The predicted molar refractivity (Wildman–Crippen MR) is 86.2 cm³/mol. The summed E-state index contributed by atoms with van der Waals surface area (Å²) in [5, 5.41) is 3.04. The minimum atomic E-state index is -0.0131. The van der Waals surface area contributed by atoms with Crippen molar-refractivity contribution in [3.63, 3.8) is 0 Å². The van der Waals surface area contributed by atoms with Crippen LogP contribution in [0.3, 0.4) is 0 Å². The van der Waals surface area contributed by atoms with Crippen LogP contribution in [-0.2, 0) is 4.79 Å². The highest BCUT2D eigenvalue weighted by Gasteiger charge is 2.16. The van der Waals surface area contributed by atoms with Crippen molar-refractivity contribution >= 4 is 5.91 Å². The predicted octanol–water partition coefficient (Wildman–Crippen LogP) is 2.88. The largest absolute Gasteiger partial charge is 0.497 e. The van der Waals surface area contributed by atoms with Crippen molar-refractivity contribution in [3.8, 4) is 5.75 Å². The number of rotatable bonds is 8. The van der Waals surface area contributed by atoms with Crippen molar-refractivity contribution < 1.29 is 9.53 Å². The lowest BCUT2D eigenvalue weighted by Crippen LogP contribution is -2.30. The van der Waals surface area contributed by atoms with Gasteiger partial charge in [-0.25, -0.2) is 0 Å². The highest BCUT2D eigenvalue weighted by Crippen LogP contribution is 2.18. The Morgan fingerprint density at radius 3 is 2.33 bits per heavy atom. The molecular formula is C17H28N2O2. The summed E-state index contributed by atoms with van der Waals surface area (Å²) >= 11 is 0. The number of amides is 1. The van der Waals surface area contributed by atoms with Gasteiger partial charge in [-0.1, -0.05) is 26.0 Å². The third kappa shape index (κ3) is 6.17. The molecule has 0 spiro atoms. The number of hydrogen-bond acceptors (Lipinski definition) is 3. The topological polar surface area (TPSA) is 64.3 Å². The molecule has 0 aliphatic heterocycles. The second kappa shape index (κ2) is 8.67. The van der Waals surface area contributed by atoms with E-state index in [0.717, 1.165) is 17.7 Å². The first-order valence-electron chi connectivity index (χ1n) is 7.59. The number of ether oxygens (including phenoxy) is 1. The summed E-state index contributed by atoms with van der Waals surface area (Å²) in [6.07, 6.45) is 1.48. The number of nitrogens with two attached hydrogens (primary N) is 1. The third-order valence-corrected chi connectivity index (χ3v) is 3.61. The molecule has 0 aromatic heterocycles.